The fourth-order valence-electron chi connectivity index (χ4n) is 2.98. The highest BCUT2D eigenvalue weighted by atomic mass is 16.5. The smallest absolute Gasteiger partial charge is 0.254 e. The Balaban J connectivity index is 2.15. The maximum absolute atomic E-state index is 12.6. The summed E-state index contributed by atoms with van der Waals surface area (Å²) in [5.41, 5.74) is -0.0943. The number of piperidine rings is 1. The molecule has 1 aliphatic heterocycles. The van der Waals surface area contributed by atoms with E-state index in [1.807, 2.05) is 0 Å². The summed E-state index contributed by atoms with van der Waals surface area (Å²) in [6.07, 6.45) is 4.05. The van der Waals surface area contributed by atoms with Crippen molar-refractivity contribution in [2.24, 2.45) is 12.5 Å². The Kier molecular flexibility index (Phi) is 5.37. The quantitative estimate of drug-likeness (QED) is 0.866. The highest BCUT2D eigenvalue weighted by Crippen LogP contribution is 2.33. The lowest BCUT2D eigenvalue weighted by atomic mass is 9.78. The SMILES string of the molecule is COCCC1(CO)CCCN(C(=O)c2ccn(C)c(=O)c2)C1. The number of hydrogen-bond donors (Lipinski definition) is 1. The number of carbonyl (C=O) groups is 1. The number of methoxy groups -OCH3 is 1. The number of aliphatic hydroxyl groups excluding tert-OH is 1. The zero-order valence-corrected chi connectivity index (χ0v) is 13.2. The van der Waals surface area contributed by atoms with Gasteiger partial charge >= 0.3 is 0 Å². The van der Waals surface area contributed by atoms with Crippen LogP contribution in [0.3, 0.4) is 0 Å². The van der Waals surface area contributed by atoms with E-state index < -0.39 is 0 Å². The lowest BCUT2D eigenvalue weighted by Gasteiger charge is -2.41. The molecule has 0 bridgehead atoms. The number of rotatable bonds is 5. The Labute approximate surface area is 130 Å². The van der Waals surface area contributed by atoms with E-state index in [2.05, 4.69) is 0 Å². The Morgan fingerprint density at radius 3 is 2.91 bits per heavy atom. The molecule has 0 radical (unpaired) electrons. The van der Waals surface area contributed by atoms with Crippen LogP contribution >= 0.6 is 0 Å². The van der Waals surface area contributed by atoms with Crippen LogP contribution in [0.2, 0.25) is 0 Å². The van der Waals surface area contributed by atoms with Crippen LogP contribution in [-0.4, -0.2) is 53.9 Å². The van der Waals surface area contributed by atoms with Crippen LogP contribution in [0.5, 0.6) is 0 Å². The predicted molar refractivity (Wildman–Crippen MR) is 82.8 cm³/mol. The number of aromatic nitrogens is 1. The minimum Gasteiger partial charge on any atom is -0.396 e. The van der Waals surface area contributed by atoms with Crippen LogP contribution in [0.4, 0.5) is 0 Å². The molecule has 6 nitrogen and oxygen atoms in total. The van der Waals surface area contributed by atoms with Crippen LogP contribution in [0.15, 0.2) is 23.1 Å². The summed E-state index contributed by atoms with van der Waals surface area (Å²) in [6, 6.07) is 3.03. The third kappa shape index (κ3) is 3.56. The van der Waals surface area contributed by atoms with Crippen molar-refractivity contribution < 1.29 is 14.6 Å². The van der Waals surface area contributed by atoms with Gasteiger partial charge in [-0.05, 0) is 25.3 Å². The van der Waals surface area contributed by atoms with Gasteiger partial charge in [-0.15, -0.1) is 0 Å². The second-order valence-corrected chi connectivity index (χ2v) is 6.10. The van der Waals surface area contributed by atoms with Gasteiger partial charge in [0.1, 0.15) is 0 Å². The van der Waals surface area contributed by atoms with Crippen molar-refractivity contribution in [3.8, 4) is 0 Å². The molecule has 1 aromatic rings. The summed E-state index contributed by atoms with van der Waals surface area (Å²) in [5.74, 6) is -0.146. The number of aliphatic hydroxyl groups is 1. The molecule has 0 saturated carbocycles. The summed E-state index contributed by atoms with van der Waals surface area (Å²) in [7, 11) is 3.29. The fraction of sp³-hybridized carbons (Fsp3) is 0.625. The van der Waals surface area contributed by atoms with Crippen molar-refractivity contribution in [2.75, 3.05) is 33.4 Å². The molecule has 0 aromatic carbocycles. The Bertz CT molecular complexity index is 584. The predicted octanol–water partition coefficient (Wildman–Crippen LogP) is 0.636. The molecule has 1 atom stereocenters. The van der Waals surface area contributed by atoms with E-state index in [4.69, 9.17) is 4.74 Å². The van der Waals surface area contributed by atoms with Crippen molar-refractivity contribution in [1.82, 2.24) is 9.47 Å². The van der Waals surface area contributed by atoms with Gasteiger partial charge < -0.3 is 19.3 Å². The van der Waals surface area contributed by atoms with Gasteiger partial charge in [0.2, 0.25) is 0 Å². The zero-order chi connectivity index (χ0) is 16.2. The van der Waals surface area contributed by atoms with E-state index in [0.29, 0.717) is 25.3 Å². The van der Waals surface area contributed by atoms with Crippen molar-refractivity contribution in [2.45, 2.75) is 19.3 Å². The van der Waals surface area contributed by atoms with Crippen LogP contribution in [-0.2, 0) is 11.8 Å². The summed E-state index contributed by atoms with van der Waals surface area (Å²) in [6.45, 7) is 1.76. The third-order valence-corrected chi connectivity index (χ3v) is 4.47. The molecule has 0 aliphatic carbocycles. The first-order valence-electron chi connectivity index (χ1n) is 7.57. The molecule has 2 rings (SSSR count). The summed E-state index contributed by atoms with van der Waals surface area (Å²) in [4.78, 5) is 26.0. The van der Waals surface area contributed by atoms with Crippen LogP contribution in [0.25, 0.3) is 0 Å². The van der Waals surface area contributed by atoms with Gasteiger partial charge in [-0.3, -0.25) is 9.59 Å². The Hall–Kier alpha value is -1.66. The molecule has 1 N–H and O–H groups in total. The van der Waals surface area contributed by atoms with E-state index in [1.54, 1.807) is 31.3 Å². The maximum Gasteiger partial charge on any atom is 0.254 e. The van der Waals surface area contributed by atoms with Gasteiger partial charge in [0, 0.05) is 57.1 Å². The van der Waals surface area contributed by atoms with Gasteiger partial charge in [-0.1, -0.05) is 0 Å². The second kappa shape index (κ2) is 7.07. The monoisotopic (exact) mass is 308 g/mol. The number of hydrogen-bond acceptors (Lipinski definition) is 4. The summed E-state index contributed by atoms with van der Waals surface area (Å²) in [5, 5.41) is 9.77. The van der Waals surface area contributed by atoms with Crippen LogP contribution in [0.1, 0.15) is 29.6 Å². The molecule has 122 valence electrons. The molecule has 1 unspecified atom stereocenters. The highest BCUT2D eigenvalue weighted by Gasteiger charge is 2.36. The molecule has 6 heteroatoms. The van der Waals surface area contributed by atoms with Gasteiger partial charge in [0.15, 0.2) is 0 Å². The largest absolute Gasteiger partial charge is 0.396 e. The molecule has 22 heavy (non-hydrogen) atoms. The molecule has 1 fully saturated rings. The van der Waals surface area contributed by atoms with Crippen molar-refractivity contribution in [3.05, 3.63) is 34.2 Å². The molecule has 1 amide bonds. The van der Waals surface area contributed by atoms with Gasteiger partial charge in [-0.25, -0.2) is 0 Å². The average molecular weight is 308 g/mol. The fourth-order valence-corrected chi connectivity index (χ4v) is 2.98. The lowest BCUT2D eigenvalue weighted by molar-refractivity contribution is 0.00897. The molecular formula is C16H24N2O4. The molecular weight excluding hydrogens is 284 g/mol. The topological polar surface area (TPSA) is 71.8 Å². The van der Waals surface area contributed by atoms with Crippen LogP contribution in [0, 0.1) is 5.41 Å². The molecule has 0 spiro atoms. The molecule has 1 aliphatic rings. The molecule has 1 aromatic heterocycles. The van der Waals surface area contributed by atoms with E-state index in [1.165, 1.54) is 10.6 Å². The van der Waals surface area contributed by atoms with E-state index in [-0.39, 0.29) is 23.5 Å². The Morgan fingerprint density at radius 2 is 2.27 bits per heavy atom. The zero-order valence-electron chi connectivity index (χ0n) is 13.2. The standard InChI is InChI=1S/C16H24N2O4/c1-17-8-4-13(10-14(17)20)15(21)18-7-3-5-16(11-18,12-19)6-9-22-2/h4,8,10,19H,3,5-7,9,11-12H2,1-2H3. The number of likely N-dealkylation sites (tertiary alicyclic amines) is 1. The number of aryl methyl sites for hydroxylation is 1. The maximum atomic E-state index is 12.6. The first-order chi connectivity index (χ1) is 10.5. The van der Waals surface area contributed by atoms with Crippen molar-refractivity contribution in [3.63, 3.8) is 0 Å². The first kappa shape index (κ1) is 16.7. The second-order valence-electron chi connectivity index (χ2n) is 6.10. The number of carbonyl (C=O) groups excluding carboxylic acids is 1. The minimum absolute atomic E-state index is 0.0384. The van der Waals surface area contributed by atoms with E-state index >= 15 is 0 Å². The summed E-state index contributed by atoms with van der Waals surface area (Å²) >= 11 is 0. The molecule has 2 heterocycles. The number of amides is 1. The highest BCUT2D eigenvalue weighted by molar-refractivity contribution is 5.94. The van der Waals surface area contributed by atoms with Crippen LogP contribution < -0.4 is 5.56 Å². The van der Waals surface area contributed by atoms with Gasteiger partial charge in [0.05, 0.1) is 6.61 Å². The summed E-state index contributed by atoms with van der Waals surface area (Å²) < 4.78 is 6.56. The molecule has 1 saturated heterocycles. The first-order valence-corrected chi connectivity index (χ1v) is 7.57. The van der Waals surface area contributed by atoms with Gasteiger partial charge in [0.25, 0.3) is 11.5 Å². The third-order valence-electron chi connectivity index (χ3n) is 4.47. The van der Waals surface area contributed by atoms with E-state index in [0.717, 1.165) is 19.3 Å². The number of ether oxygens (including phenoxy) is 1. The lowest BCUT2D eigenvalue weighted by Crippen LogP contribution is -2.48. The van der Waals surface area contributed by atoms with E-state index in [9.17, 15) is 14.7 Å². The van der Waals surface area contributed by atoms with Gasteiger partial charge in [-0.2, -0.15) is 0 Å². The normalized spacial score (nSPS) is 21.9. The minimum atomic E-state index is -0.302. The average Bonchev–Trinajstić information content (AvgIpc) is 2.55. The van der Waals surface area contributed by atoms with Crippen molar-refractivity contribution >= 4 is 5.91 Å². The number of nitrogens with zero attached hydrogens (tertiary/aromatic N) is 2. The van der Waals surface area contributed by atoms with Crippen molar-refractivity contribution in [1.29, 1.82) is 0 Å². The number of pyridine rings is 1. The Morgan fingerprint density at radius 1 is 1.50 bits per heavy atom.